The minimum Gasteiger partial charge on any atom is -0.383 e. The van der Waals surface area contributed by atoms with E-state index >= 15 is 0 Å². The van der Waals surface area contributed by atoms with Gasteiger partial charge in [-0.2, -0.15) is 0 Å². The topological polar surface area (TPSA) is 72.1 Å². The minimum absolute atomic E-state index is 0.0881. The second-order valence-corrected chi connectivity index (χ2v) is 5.83. The van der Waals surface area contributed by atoms with Crippen LogP contribution < -0.4 is 5.73 Å². The molecular weight excluding hydrogens is 268 g/mol. The first-order valence-corrected chi connectivity index (χ1v) is 7.39. The minimum atomic E-state index is 0.0881. The molecule has 2 aromatic rings. The summed E-state index contributed by atoms with van der Waals surface area (Å²) in [5, 5.41) is 2.85. The van der Waals surface area contributed by atoms with E-state index in [4.69, 9.17) is 5.73 Å². The molecule has 7 heteroatoms. The highest BCUT2D eigenvalue weighted by Crippen LogP contribution is 2.24. The molecule has 2 rings (SSSR count). The van der Waals surface area contributed by atoms with Gasteiger partial charge in [-0.3, -0.25) is 4.79 Å². The first-order valence-electron chi connectivity index (χ1n) is 5.35. The summed E-state index contributed by atoms with van der Waals surface area (Å²) in [7, 11) is 3.49. The van der Waals surface area contributed by atoms with Gasteiger partial charge in [-0.05, 0) is 11.4 Å². The summed E-state index contributed by atoms with van der Waals surface area (Å²) in [6, 6.07) is 1.92. The van der Waals surface area contributed by atoms with Crippen molar-refractivity contribution in [1.82, 2.24) is 14.9 Å². The number of anilines is 1. The fourth-order valence-corrected chi connectivity index (χ4v) is 2.98. The van der Waals surface area contributed by atoms with Crippen LogP contribution in [0.5, 0.6) is 0 Å². The lowest BCUT2D eigenvalue weighted by Crippen LogP contribution is -2.23. The van der Waals surface area contributed by atoms with Gasteiger partial charge in [0.1, 0.15) is 16.5 Å². The van der Waals surface area contributed by atoms with Crippen molar-refractivity contribution in [1.29, 1.82) is 0 Å². The van der Waals surface area contributed by atoms with Gasteiger partial charge in [0.25, 0.3) is 0 Å². The molecule has 0 saturated carbocycles. The van der Waals surface area contributed by atoms with Crippen LogP contribution >= 0.6 is 23.1 Å². The number of carbonyl (C=O) groups excluding carboxylic acids is 1. The summed E-state index contributed by atoms with van der Waals surface area (Å²) in [5.41, 5.74) is 5.85. The predicted octanol–water partition coefficient (Wildman–Crippen LogP) is 1.59. The number of rotatable bonds is 4. The van der Waals surface area contributed by atoms with Crippen molar-refractivity contribution in [3.63, 3.8) is 0 Å². The maximum Gasteiger partial charge on any atom is 0.232 e. The highest BCUT2D eigenvalue weighted by Gasteiger charge is 2.08. The summed E-state index contributed by atoms with van der Waals surface area (Å²) in [6.07, 6.45) is 0. The van der Waals surface area contributed by atoms with E-state index in [0.29, 0.717) is 23.1 Å². The van der Waals surface area contributed by atoms with Gasteiger partial charge in [0.05, 0.1) is 16.9 Å². The third-order valence-corrected chi connectivity index (χ3v) is 4.08. The van der Waals surface area contributed by atoms with Crippen LogP contribution in [0.4, 0.5) is 5.82 Å². The van der Waals surface area contributed by atoms with Gasteiger partial charge in [-0.15, -0.1) is 23.1 Å². The molecule has 2 N–H and O–H groups in total. The third kappa shape index (κ3) is 2.91. The smallest absolute Gasteiger partial charge is 0.232 e. The predicted molar refractivity (Wildman–Crippen MR) is 76.7 cm³/mol. The van der Waals surface area contributed by atoms with E-state index in [1.165, 1.54) is 11.8 Å². The monoisotopic (exact) mass is 282 g/mol. The average Bonchev–Trinajstić information content (AvgIpc) is 2.77. The maximum atomic E-state index is 11.4. The summed E-state index contributed by atoms with van der Waals surface area (Å²) >= 11 is 3.04. The second kappa shape index (κ2) is 5.53. The number of thioether (sulfide) groups is 1. The molecule has 0 radical (unpaired) electrons. The van der Waals surface area contributed by atoms with E-state index in [1.54, 1.807) is 30.3 Å². The molecule has 0 atom stereocenters. The summed E-state index contributed by atoms with van der Waals surface area (Å²) in [4.78, 5) is 22.5. The fraction of sp³-hybridized carbons (Fsp3) is 0.364. The zero-order valence-corrected chi connectivity index (χ0v) is 11.8. The van der Waals surface area contributed by atoms with Crippen LogP contribution in [0.25, 0.3) is 10.2 Å². The Kier molecular flexibility index (Phi) is 4.03. The van der Waals surface area contributed by atoms with Crippen LogP contribution in [0, 0.1) is 0 Å². The number of fused-ring (bicyclic) bond motifs is 1. The fourth-order valence-electron chi connectivity index (χ4n) is 1.35. The van der Waals surface area contributed by atoms with Crippen LogP contribution in [0.1, 0.15) is 5.82 Å². The molecule has 0 aromatic carbocycles. The molecule has 2 aromatic heterocycles. The van der Waals surface area contributed by atoms with Crippen molar-refractivity contribution in [2.75, 3.05) is 25.6 Å². The second-order valence-electron chi connectivity index (χ2n) is 3.95. The van der Waals surface area contributed by atoms with Crippen LogP contribution in [0.15, 0.2) is 11.4 Å². The Bertz CT molecular complexity index is 567. The Balaban J connectivity index is 2.01. The molecule has 18 heavy (non-hydrogen) atoms. The number of aromatic nitrogens is 2. The SMILES string of the molecule is CN(C)C(=O)CSCc1nc(N)c2ccsc2n1. The van der Waals surface area contributed by atoms with Crippen molar-refractivity contribution in [2.45, 2.75) is 5.75 Å². The Hall–Kier alpha value is -1.34. The summed E-state index contributed by atoms with van der Waals surface area (Å²) in [5.74, 6) is 2.30. The first kappa shape index (κ1) is 13.1. The van der Waals surface area contributed by atoms with Crippen molar-refractivity contribution in [3.05, 3.63) is 17.3 Å². The summed E-state index contributed by atoms with van der Waals surface area (Å²) < 4.78 is 0. The van der Waals surface area contributed by atoms with Crippen LogP contribution in [0.3, 0.4) is 0 Å². The van der Waals surface area contributed by atoms with Crippen molar-refractivity contribution in [2.24, 2.45) is 0 Å². The molecule has 0 aliphatic carbocycles. The normalized spacial score (nSPS) is 10.8. The van der Waals surface area contributed by atoms with Crippen molar-refractivity contribution < 1.29 is 4.79 Å². The number of nitrogens with zero attached hydrogens (tertiary/aromatic N) is 3. The molecule has 0 unspecified atom stereocenters. The number of hydrogen-bond donors (Lipinski definition) is 1. The van der Waals surface area contributed by atoms with Gasteiger partial charge in [0.2, 0.25) is 5.91 Å². The first-order chi connectivity index (χ1) is 8.58. The molecule has 5 nitrogen and oxygen atoms in total. The Morgan fingerprint density at radius 3 is 3.00 bits per heavy atom. The number of amides is 1. The molecule has 2 heterocycles. The zero-order chi connectivity index (χ0) is 13.1. The Morgan fingerprint density at radius 1 is 1.50 bits per heavy atom. The lowest BCUT2D eigenvalue weighted by molar-refractivity contribution is -0.125. The molecule has 0 fully saturated rings. The molecule has 0 spiro atoms. The van der Waals surface area contributed by atoms with Crippen molar-refractivity contribution >= 4 is 45.0 Å². The Labute approximate surface area is 113 Å². The summed E-state index contributed by atoms with van der Waals surface area (Å²) in [6.45, 7) is 0. The highest BCUT2D eigenvalue weighted by molar-refractivity contribution is 7.99. The van der Waals surface area contributed by atoms with Crippen LogP contribution in [-0.2, 0) is 10.5 Å². The van der Waals surface area contributed by atoms with E-state index in [-0.39, 0.29) is 5.91 Å². The molecular formula is C11H14N4OS2. The van der Waals surface area contributed by atoms with E-state index < -0.39 is 0 Å². The Morgan fingerprint density at radius 2 is 2.28 bits per heavy atom. The number of carbonyl (C=O) groups is 1. The van der Waals surface area contributed by atoms with Gasteiger partial charge in [-0.1, -0.05) is 0 Å². The largest absolute Gasteiger partial charge is 0.383 e. The zero-order valence-electron chi connectivity index (χ0n) is 10.2. The molecule has 0 aliphatic heterocycles. The standard InChI is InChI=1S/C11H14N4OS2/c1-15(2)9(16)6-17-5-8-13-10(12)7-3-4-18-11(7)14-8/h3-4H,5-6H2,1-2H3,(H2,12,13,14). The van der Waals surface area contributed by atoms with Crippen LogP contribution in [-0.4, -0.2) is 40.6 Å². The number of hydrogen-bond acceptors (Lipinski definition) is 6. The third-order valence-electron chi connectivity index (χ3n) is 2.36. The molecule has 96 valence electrons. The molecule has 1 amide bonds. The number of thiophene rings is 1. The van der Waals surface area contributed by atoms with Crippen LogP contribution in [0.2, 0.25) is 0 Å². The highest BCUT2D eigenvalue weighted by atomic mass is 32.2. The van der Waals surface area contributed by atoms with E-state index in [1.807, 2.05) is 11.4 Å². The van der Waals surface area contributed by atoms with E-state index in [0.717, 1.165) is 10.2 Å². The quantitative estimate of drug-likeness (QED) is 0.922. The number of nitrogen functional groups attached to an aromatic ring is 1. The van der Waals surface area contributed by atoms with Gasteiger partial charge in [0.15, 0.2) is 0 Å². The van der Waals surface area contributed by atoms with E-state index in [2.05, 4.69) is 9.97 Å². The van der Waals surface area contributed by atoms with Gasteiger partial charge < -0.3 is 10.6 Å². The van der Waals surface area contributed by atoms with E-state index in [9.17, 15) is 4.79 Å². The van der Waals surface area contributed by atoms with Gasteiger partial charge in [0, 0.05) is 14.1 Å². The molecule has 0 bridgehead atoms. The lowest BCUT2D eigenvalue weighted by Gasteiger charge is -2.09. The molecule has 0 saturated heterocycles. The molecule has 0 aliphatic rings. The van der Waals surface area contributed by atoms with Gasteiger partial charge >= 0.3 is 0 Å². The number of nitrogens with two attached hydrogens (primary N) is 1. The van der Waals surface area contributed by atoms with Gasteiger partial charge in [-0.25, -0.2) is 9.97 Å². The average molecular weight is 282 g/mol. The maximum absolute atomic E-state index is 11.4. The lowest BCUT2D eigenvalue weighted by atomic mass is 10.4. The van der Waals surface area contributed by atoms with Crippen molar-refractivity contribution in [3.8, 4) is 0 Å².